The van der Waals surface area contributed by atoms with Gasteiger partial charge in [0.15, 0.2) is 0 Å². The Morgan fingerprint density at radius 2 is 1.58 bits per heavy atom. The number of unbranched alkanes of at least 4 members (excludes halogenated alkanes) is 7. The molecule has 3 nitrogen and oxygen atoms in total. The van der Waals surface area contributed by atoms with Crippen LogP contribution < -0.4 is 5.38 Å². The van der Waals surface area contributed by atoms with Gasteiger partial charge in [-0.3, -0.25) is 4.79 Å². The molecule has 1 aromatic heterocycles. The van der Waals surface area contributed by atoms with Crippen molar-refractivity contribution >= 4 is 19.4 Å². The molecule has 4 heteroatoms. The molecule has 1 atom stereocenters. The van der Waals surface area contributed by atoms with Crippen LogP contribution in [-0.4, -0.2) is 19.1 Å². The Morgan fingerprint density at radius 3 is 2.12 bits per heavy atom. The van der Waals surface area contributed by atoms with E-state index in [1.165, 1.54) is 50.5 Å². The number of furan rings is 1. The fourth-order valence-electron chi connectivity index (χ4n) is 3.37. The van der Waals surface area contributed by atoms with E-state index < -0.39 is 14.0 Å². The zero-order valence-corrected chi connectivity index (χ0v) is 18.5. The highest BCUT2D eigenvalue weighted by molar-refractivity contribution is 6.87. The van der Waals surface area contributed by atoms with Crippen LogP contribution in [0, 0.1) is 5.92 Å². The van der Waals surface area contributed by atoms with Crippen molar-refractivity contribution in [3.05, 3.63) is 17.9 Å². The molecule has 150 valence electrons. The molecule has 0 bridgehead atoms. The smallest absolute Gasteiger partial charge is 0.306 e. The van der Waals surface area contributed by atoms with E-state index in [1.54, 1.807) is 0 Å². The van der Waals surface area contributed by atoms with Gasteiger partial charge in [0.25, 0.3) is 0 Å². The molecule has 1 rings (SSSR count). The maximum Gasteiger partial charge on any atom is 0.306 e. The molecule has 0 amide bonds. The Kier molecular flexibility index (Phi) is 10.9. The quantitative estimate of drug-likeness (QED) is 0.284. The summed E-state index contributed by atoms with van der Waals surface area (Å²) in [4.78, 5) is 11.5. The maximum atomic E-state index is 11.5. The Labute approximate surface area is 161 Å². The number of aryl methyl sites for hydroxylation is 1. The molecule has 0 aliphatic heterocycles. The van der Waals surface area contributed by atoms with E-state index in [2.05, 4.69) is 32.6 Å². The number of carboxylic acids is 1. The van der Waals surface area contributed by atoms with Crippen LogP contribution in [0.3, 0.4) is 0 Å². The zero-order valence-electron chi connectivity index (χ0n) is 17.5. The topological polar surface area (TPSA) is 50.4 Å². The predicted molar refractivity (Wildman–Crippen MR) is 113 cm³/mol. The Morgan fingerprint density at radius 1 is 1.00 bits per heavy atom. The van der Waals surface area contributed by atoms with E-state index in [1.807, 2.05) is 6.26 Å². The second-order valence-electron chi connectivity index (χ2n) is 8.76. The summed E-state index contributed by atoms with van der Waals surface area (Å²) in [5, 5.41) is 10.6. The lowest BCUT2D eigenvalue weighted by atomic mass is 9.94. The minimum Gasteiger partial charge on any atom is -0.481 e. The highest BCUT2D eigenvalue weighted by atomic mass is 28.3. The molecule has 0 spiro atoms. The average Bonchev–Trinajstić information content (AvgIpc) is 3.04. The van der Waals surface area contributed by atoms with E-state index in [9.17, 15) is 9.90 Å². The number of hydrogen-bond acceptors (Lipinski definition) is 2. The molecule has 0 aliphatic carbocycles. The lowest BCUT2D eigenvalue weighted by Gasteiger charge is -2.12. The van der Waals surface area contributed by atoms with Crippen LogP contribution in [0.25, 0.3) is 0 Å². The fraction of sp³-hybridized carbons (Fsp3) is 0.773. The van der Waals surface area contributed by atoms with E-state index >= 15 is 0 Å². The largest absolute Gasteiger partial charge is 0.481 e. The van der Waals surface area contributed by atoms with Crippen LogP contribution in [0.1, 0.15) is 83.1 Å². The summed E-state index contributed by atoms with van der Waals surface area (Å²) in [7, 11) is -1.39. The van der Waals surface area contributed by atoms with Gasteiger partial charge in [-0.2, -0.15) is 0 Å². The summed E-state index contributed by atoms with van der Waals surface area (Å²) >= 11 is 0. The first kappa shape index (κ1) is 23.0. The second-order valence-corrected chi connectivity index (χ2v) is 13.8. The van der Waals surface area contributed by atoms with Gasteiger partial charge in [-0.1, -0.05) is 77.9 Å². The summed E-state index contributed by atoms with van der Waals surface area (Å²) in [5.74, 6) is -0.804. The minimum atomic E-state index is -1.39. The van der Waals surface area contributed by atoms with Gasteiger partial charge in [0.05, 0.1) is 17.6 Å². The monoisotopic (exact) mass is 380 g/mol. The molecule has 0 saturated carbocycles. The van der Waals surface area contributed by atoms with Crippen molar-refractivity contribution < 1.29 is 14.3 Å². The molecule has 0 radical (unpaired) electrons. The number of hydrogen-bond donors (Lipinski definition) is 1. The molecule has 0 fully saturated rings. The van der Waals surface area contributed by atoms with Gasteiger partial charge in [0.2, 0.25) is 0 Å². The van der Waals surface area contributed by atoms with Crippen molar-refractivity contribution in [3.8, 4) is 0 Å². The molecule has 1 aromatic rings. The molecular formula is C22H40O3Si. The van der Waals surface area contributed by atoms with Crippen LogP contribution in [-0.2, 0) is 11.2 Å². The van der Waals surface area contributed by atoms with Crippen LogP contribution >= 0.6 is 0 Å². The van der Waals surface area contributed by atoms with Crippen molar-refractivity contribution in [2.75, 3.05) is 0 Å². The first-order valence-corrected chi connectivity index (χ1v) is 14.1. The van der Waals surface area contributed by atoms with E-state index in [-0.39, 0.29) is 5.92 Å². The lowest BCUT2D eigenvalue weighted by molar-refractivity contribution is -0.142. The summed E-state index contributed by atoms with van der Waals surface area (Å²) in [6.45, 7) is 9.07. The summed E-state index contributed by atoms with van der Waals surface area (Å²) < 4.78 is 5.71. The Balaban J connectivity index is 2.20. The van der Waals surface area contributed by atoms with Crippen molar-refractivity contribution in [2.24, 2.45) is 5.92 Å². The molecule has 1 unspecified atom stereocenters. The van der Waals surface area contributed by atoms with Crippen molar-refractivity contribution in [1.29, 1.82) is 0 Å². The van der Waals surface area contributed by atoms with E-state index in [0.717, 1.165) is 37.5 Å². The van der Waals surface area contributed by atoms with E-state index in [4.69, 9.17) is 4.42 Å². The molecule has 0 aliphatic rings. The zero-order chi connectivity index (χ0) is 19.4. The molecule has 0 saturated heterocycles. The summed E-state index contributed by atoms with van der Waals surface area (Å²) in [6.07, 6.45) is 15.4. The minimum absolute atomic E-state index is 0.182. The highest BCUT2D eigenvalue weighted by Gasteiger charge is 2.21. The molecule has 1 N–H and O–H groups in total. The lowest BCUT2D eigenvalue weighted by Crippen LogP contribution is -2.36. The predicted octanol–water partition coefficient (Wildman–Crippen LogP) is 6.38. The van der Waals surface area contributed by atoms with Gasteiger partial charge in [0.1, 0.15) is 8.07 Å². The maximum absolute atomic E-state index is 11.5. The standard InChI is InChI=1S/C22H40O3Si/c1-5-6-7-8-9-10-11-12-15-20(22(23)24)16-13-14-19-17-21(25-18-19)26(2,3)4/h17-18,20H,5-16H2,1-4H3,(H,23,24). The summed E-state index contributed by atoms with van der Waals surface area (Å²) in [6, 6.07) is 2.18. The number of aliphatic carboxylic acids is 1. The fourth-order valence-corrected chi connectivity index (χ4v) is 4.40. The van der Waals surface area contributed by atoms with Crippen molar-refractivity contribution in [3.63, 3.8) is 0 Å². The van der Waals surface area contributed by atoms with E-state index in [0.29, 0.717) is 0 Å². The summed E-state index contributed by atoms with van der Waals surface area (Å²) in [5.41, 5.74) is 1.22. The number of carbonyl (C=O) groups is 1. The third-order valence-electron chi connectivity index (χ3n) is 5.17. The molecule has 26 heavy (non-hydrogen) atoms. The van der Waals surface area contributed by atoms with Crippen LogP contribution in [0.15, 0.2) is 16.7 Å². The van der Waals surface area contributed by atoms with Gasteiger partial charge in [-0.15, -0.1) is 0 Å². The van der Waals surface area contributed by atoms with Gasteiger partial charge in [-0.05, 0) is 37.3 Å². The highest BCUT2D eigenvalue weighted by Crippen LogP contribution is 2.19. The Hall–Kier alpha value is -1.03. The van der Waals surface area contributed by atoms with Crippen molar-refractivity contribution in [2.45, 2.75) is 104 Å². The van der Waals surface area contributed by atoms with Crippen LogP contribution in [0.4, 0.5) is 0 Å². The Bertz CT molecular complexity index is 502. The van der Waals surface area contributed by atoms with Crippen LogP contribution in [0.5, 0.6) is 0 Å². The average molecular weight is 381 g/mol. The normalized spacial score (nSPS) is 13.1. The second kappa shape index (κ2) is 12.4. The number of rotatable bonds is 15. The first-order valence-electron chi connectivity index (χ1n) is 10.6. The molecule has 0 aromatic carbocycles. The third-order valence-corrected chi connectivity index (χ3v) is 6.91. The first-order chi connectivity index (χ1) is 12.3. The van der Waals surface area contributed by atoms with Gasteiger partial charge < -0.3 is 9.52 Å². The SMILES string of the molecule is CCCCCCCCCCC(CCCc1coc([Si](C)(C)C)c1)C(=O)O. The van der Waals surface area contributed by atoms with Gasteiger partial charge in [-0.25, -0.2) is 0 Å². The van der Waals surface area contributed by atoms with Crippen molar-refractivity contribution in [1.82, 2.24) is 0 Å². The molecular weight excluding hydrogens is 340 g/mol. The molecule has 1 heterocycles. The van der Waals surface area contributed by atoms with Gasteiger partial charge in [0, 0.05) is 0 Å². The third kappa shape index (κ3) is 9.61. The van der Waals surface area contributed by atoms with Crippen LogP contribution in [0.2, 0.25) is 19.6 Å². The van der Waals surface area contributed by atoms with Gasteiger partial charge >= 0.3 is 5.97 Å². The number of carboxylic acid groups (broad SMARTS) is 1.